The van der Waals surface area contributed by atoms with Gasteiger partial charge in [0.05, 0.1) is 18.3 Å². The van der Waals surface area contributed by atoms with Crippen molar-refractivity contribution in [2.24, 2.45) is 0 Å². The van der Waals surface area contributed by atoms with Crippen molar-refractivity contribution in [3.8, 4) is 5.69 Å². The lowest BCUT2D eigenvalue weighted by Gasteiger charge is -2.20. The Bertz CT molecular complexity index is 980. The number of halogens is 2. The van der Waals surface area contributed by atoms with Gasteiger partial charge in [0.15, 0.2) is 0 Å². The minimum atomic E-state index is -1.03. The predicted molar refractivity (Wildman–Crippen MR) is 84.3 cm³/mol. The first-order valence-corrected chi connectivity index (χ1v) is 7.69. The van der Waals surface area contributed by atoms with Gasteiger partial charge in [0.2, 0.25) is 0 Å². The molecule has 4 rings (SSSR count). The van der Waals surface area contributed by atoms with Crippen LogP contribution in [0, 0.1) is 11.6 Å². The molecule has 128 valence electrons. The van der Waals surface area contributed by atoms with Gasteiger partial charge in [-0.15, -0.1) is 0 Å². The van der Waals surface area contributed by atoms with E-state index in [2.05, 4.69) is 10.1 Å². The fourth-order valence-electron chi connectivity index (χ4n) is 2.99. The van der Waals surface area contributed by atoms with Crippen LogP contribution in [-0.2, 0) is 10.3 Å². The van der Waals surface area contributed by atoms with Crippen molar-refractivity contribution in [3.63, 3.8) is 0 Å². The molecule has 6 nitrogen and oxygen atoms in total. The van der Waals surface area contributed by atoms with Crippen LogP contribution in [0.1, 0.15) is 18.5 Å². The van der Waals surface area contributed by atoms with Gasteiger partial charge >= 0.3 is 5.69 Å². The Balaban J connectivity index is 1.74. The number of epoxide rings is 1. The molecule has 1 aromatic carbocycles. The van der Waals surface area contributed by atoms with E-state index in [1.165, 1.54) is 27.7 Å². The lowest BCUT2D eigenvalue weighted by atomic mass is 9.92. The Morgan fingerprint density at radius 3 is 2.60 bits per heavy atom. The van der Waals surface area contributed by atoms with Crippen molar-refractivity contribution in [1.82, 2.24) is 19.3 Å². The summed E-state index contributed by atoms with van der Waals surface area (Å²) in [5.41, 5.74) is -0.570. The fourth-order valence-corrected chi connectivity index (χ4v) is 2.99. The van der Waals surface area contributed by atoms with Crippen molar-refractivity contribution in [2.75, 3.05) is 6.61 Å². The molecule has 0 spiro atoms. The Kier molecular flexibility index (Phi) is 3.50. The van der Waals surface area contributed by atoms with E-state index in [4.69, 9.17) is 4.74 Å². The van der Waals surface area contributed by atoms with Gasteiger partial charge in [-0.05, 0) is 25.1 Å². The number of rotatable bonds is 4. The van der Waals surface area contributed by atoms with Crippen LogP contribution in [0.2, 0.25) is 0 Å². The molecule has 1 saturated heterocycles. The molecule has 0 N–H and O–H groups in total. The van der Waals surface area contributed by atoms with Crippen molar-refractivity contribution in [3.05, 3.63) is 76.7 Å². The van der Waals surface area contributed by atoms with Crippen LogP contribution in [-0.4, -0.2) is 25.9 Å². The molecule has 8 heteroatoms. The zero-order valence-corrected chi connectivity index (χ0v) is 13.3. The zero-order valence-electron chi connectivity index (χ0n) is 13.3. The molecule has 3 aromatic rings. The highest BCUT2D eigenvalue weighted by atomic mass is 19.1. The van der Waals surface area contributed by atoms with Crippen molar-refractivity contribution in [1.29, 1.82) is 0 Å². The van der Waals surface area contributed by atoms with Gasteiger partial charge in [0.25, 0.3) is 0 Å². The molecular formula is C17H14F2N4O2. The molecule has 25 heavy (non-hydrogen) atoms. The summed E-state index contributed by atoms with van der Waals surface area (Å²) in [7, 11) is 0. The van der Waals surface area contributed by atoms with Gasteiger partial charge in [0, 0.05) is 24.0 Å². The summed E-state index contributed by atoms with van der Waals surface area (Å²) in [6.45, 7) is 1.95. The Hall–Kier alpha value is -2.87. The number of hydrogen-bond donors (Lipinski definition) is 0. The molecule has 1 aliphatic rings. The summed E-state index contributed by atoms with van der Waals surface area (Å²) < 4.78 is 35.5. The van der Waals surface area contributed by atoms with E-state index in [1.54, 1.807) is 31.5 Å². The van der Waals surface area contributed by atoms with Crippen molar-refractivity contribution >= 4 is 0 Å². The van der Waals surface area contributed by atoms with E-state index in [0.717, 1.165) is 6.07 Å². The standard InChI is InChI=1S/C17H14F2N4O2/c1-11(17(9-25-17)14-3-2-12(18)8-15(14)19)23-16(24)22(10-21-23)13-4-6-20-7-5-13/h2-8,10-11H,9H2,1H3/t11-,17+/m1/s1. The number of aromatic nitrogens is 4. The van der Waals surface area contributed by atoms with Crippen molar-refractivity contribution < 1.29 is 13.5 Å². The highest BCUT2D eigenvalue weighted by molar-refractivity contribution is 5.31. The average molecular weight is 344 g/mol. The Labute approximate surface area is 141 Å². The van der Waals surface area contributed by atoms with Gasteiger partial charge < -0.3 is 4.74 Å². The topological polar surface area (TPSA) is 65.2 Å². The third-order valence-electron chi connectivity index (χ3n) is 4.52. The maximum absolute atomic E-state index is 14.2. The normalized spacial score (nSPS) is 20.4. The van der Waals surface area contributed by atoms with Gasteiger partial charge in [0.1, 0.15) is 23.6 Å². The van der Waals surface area contributed by atoms with Crippen LogP contribution in [0.3, 0.4) is 0 Å². The number of benzene rings is 1. The summed E-state index contributed by atoms with van der Waals surface area (Å²) in [6, 6.07) is 6.13. The fraction of sp³-hybridized carbons (Fsp3) is 0.235. The quantitative estimate of drug-likeness (QED) is 0.681. The molecule has 0 bridgehead atoms. The van der Waals surface area contributed by atoms with Crippen LogP contribution in [0.25, 0.3) is 5.69 Å². The second kappa shape index (κ2) is 5.59. The van der Waals surface area contributed by atoms with Crippen molar-refractivity contribution in [2.45, 2.75) is 18.6 Å². The number of ether oxygens (including phenoxy) is 1. The van der Waals surface area contributed by atoms with E-state index in [9.17, 15) is 13.6 Å². The van der Waals surface area contributed by atoms with E-state index >= 15 is 0 Å². The number of pyridine rings is 1. The summed E-state index contributed by atoms with van der Waals surface area (Å²) in [5.74, 6) is -1.37. The minimum Gasteiger partial charge on any atom is -0.362 e. The second-order valence-corrected chi connectivity index (χ2v) is 5.91. The summed E-state index contributed by atoms with van der Waals surface area (Å²) >= 11 is 0. The average Bonchev–Trinajstić information content (AvgIpc) is 3.32. The first-order chi connectivity index (χ1) is 12.0. The first kappa shape index (κ1) is 15.6. The summed E-state index contributed by atoms with van der Waals surface area (Å²) in [6.07, 6.45) is 4.54. The van der Waals surface area contributed by atoms with Crippen LogP contribution >= 0.6 is 0 Å². The largest absolute Gasteiger partial charge is 0.362 e. The highest BCUT2D eigenvalue weighted by Gasteiger charge is 2.54. The number of hydrogen-bond acceptors (Lipinski definition) is 4. The molecule has 0 unspecified atom stereocenters. The zero-order chi connectivity index (χ0) is 17.6. The summed E-state index contributed by atoms with van der Waals surface area (Å²) in [4.78, 5) is 16.6. The second-order valence-electron chi connectivity index (χ2n) is 5.91. The molecule has 0 amide bonds. The maximum Gasteiger partial charge on any atom is 0.350 e. The van der Waals surface area contributed by atoms with Crippen LogP contribution in [0.15, 0.2) is 53.8 Å². The molecule has 1 fully saturated rings. The molecule has 0 saturated carbocycles. The highest BCUT2D eigenvalue weighted by Crippen LogP contribution is 2.48. The molecular weight excluding hydrogens is 330 g/mol. The molecule has 3 heterocycles. The van der Waals surface area contributed by atoms with E-state index in [0.29, 0.717) is 5.69 Å². The third-order valence-corrected chi connectivity index (χ3v) is 4.52. The van der Waals surface area contributed by atoms with Gasteiger partial charge in [-0.3, -0.25) is 4.98 Å². The molecule has 0 aliphatic carbocycles. The van der Waals surface area contributed by atoms with E-state index < -0.39 is 23.3 Å². The predicted octanol–water partition coefficient (Wildman–Crippen LogP) is 2.19. The molecule has 1 aliphatic heterocycles. The van der Waals surface area contributed by atoms with E-state index in [1.807, 2.05) is 0 Å². The summed E-state index contributed by atoms with van der Waals surface area (Å²) in [5, 5.41) is 4.14. The van der Waals surface area contributed by atoms with Crippen LogP contribution in [0.4, 0.5) is 8.78 Å². The van der Waals surface area contributed by atoms with E-state index in [-0.39, 0.29) is 17.9 Å². The van der Waals surface area contributed by atoms with Crippen LogP contribution < -0.4 is 5.69 Å². The number of nitrogens with zero attached hydrogens (tertiary/aromatic N) is 4. The monoisotopic (exact) mass is 344 g/mol. The SMILES string of the molecule is C[C@@H](n1ncn(-c2ccncc2)c1=O)[C@]1(c2ccc(F)cc2F)CO1. The lowest BCUT2D eigenvalue weighted by Crippen LogP contribution is -2.33. The van der Waals surface area contributed by atoms with Gasteiger partial charge in [-0.25, -0.2) is 22.8 Å². The maximum atomic E-state index is 14.2. The van der Waals surface area contributed by atoms with Crippen LogP contribution in [0.5, 0.6) is 0 Å². The third kappa shape index (κ3) is 2.45. The molecule has 2 aromatic heterocycles. The molecule has 0 radical (unpaired) electrons. The lowest BCUT2D eigenvalue weighted by molar-refractivity contribution is 0.211. The molecule has 2 atom stereocenters. The Morgan fingerprint density at radius 1 is 1.24 bits per heavy atom. The Morgan fingerprint density at radius 2 is 1.96 bits per heavy atom. The first-order valence-electron chi connectivity index (χ1n) is 7.69. The minimum absolute atomic E-state index is 0.215. The van der Waals surface area contributed by atoms with Gasteiger partial charge in [-0.1, -0.05) is 6.07 Å². The smallest absolute Gasteiger partial charge is 0.350 e. The van der Waals surface area contributed by atoms with Gasteiger partial charge in [-0.2, -0.15) is 5.10 Å².